The van der Waals surface area contributed by atoms with Crippen LogP contribution in [-0.2, 0) is 11.5 Å². The maximum Gasteiger partial charge on any atom is 0.0822 e. The number of hydrogen-bond donors (Lipinski definition) is 0. The second-order valence-corrected chi connectivity index (χ2v) is 5.70. The fraction of sp³-hybridized carbons (Fsp3) is 0.647. The second kappa shape index (κ2) is 11.3. The monoisotopic (exact) mass is 281 g/mol. The van der Waals surface area contributed by atoms with E-state index in [4.69, 9.17) is 11.6 Å². The van der Waals surface area contributed by atoms with Crippen molar-refractivity contribution in [2.24, 2.45) is 0 Å². The molecule has 107 valence electrons. The summed E-state index contributed by atoms with van der Waals surface area (Å²) in [6.07, 6.45) is 12.3. The van der Waals surface area contributed by atoms with E-state index in [2.05, 4.69) is 12.1 Å². The highest BCUT2D eigenvalue weighted by molar-refractivity contribution is 6.30. The fourth-order valence-corrected chi connectivity index (χ4v) is 2.45. The minimum absolute atomic E-state index is 0.102. The first kappa shape index (κ1) is 16.5. The smallest absolute Gasteiger partial charge is 0.0822 e. The van der Waals surface area contributed by atoms with Crippen molar-refractivity contribution in [1.82, 2.24) is 0 Å². The summed E-state index contributed by atoms with van der Waals surface area (Å²) in [6, 6.07) is 8.19. The van der Waals surface area contributed by atoms with E-state index in [1.807, 2.05) is 12.1 Å². The lowest BCUT2D eigenvalue weighted by Crippen LogP contribution is -1.86. The Balaban J connectivity index is 1.87. The molecule has 1 radical (unpaired) electrons. The molecule has 1 rings (SSSR count). The van der Waals surface area contributed by atoms with Crippen LogP contribution < -0.4 is 0 Å². The van der Waals surface area contributed by atoms with Crippen molar-refractivity contribution in [3.8, 4) is 0 Å². The van der Waals surface area contributed by atoms with Crippen LogP contribution in [0.1, 0.15) is 63.4 Å². The average molecular weight is 282 g/mol. The zero-order valence-electron chi connectivity index (χ0n) is 11.9. The Labute approximate surface area is 123 Å². The largest absolute Gasteiger partial charge is 0.237 e. The van der Waals surface area contributed by atoms with Crippen molar-refractivity contribution in [2.75, 3.05) is 6.61 Å². The van der Waals surface area contributed by atoms with Crippen LogP contribution in [-0.4, -0.2) is 6.61 Å². The summed E-state index contributed by atoms with van der Waals surface area (Å²) in [6.45, 7) is 0.102. The predicted molar refractivity (Wildman–Crippen MR) is 82.3 cm³/mol. The van der Waals surface area contributed by atoms with Gasteiger partial charge in [0.1, 0.15) is 0 Å². The topological polar surface area (TPSA) is 19.9 Å². The maximum atomic E-state index is 10.3. The molecule has 0 saturated heterocycles. The maximum absolute atomic E-state index is 10.3. The lowest BCUT2D eigenvalue weighted by molar-refractivity contribution is 0.186. The van der Waals surface area contributed by atoms with E-state index in [9.17, 15) is 5.11 Å². The van der Waals surface area contributed by atoms with E-state index >= 15 is 0 Å². The molecule has 1 aromatic rings. The summed E-state index contributed by atoms with van der Waals surface area (Å²) in [5.74, 6) is 0. The van der Waals surface area contributed by atoms with Gasteiger partial charge in [-0.25, -0.2) is 5.11 Å². The van der Waals surface area contributed by atoms with Crippen molar-refractivity contribution >= 4 is 11.6 Å². The Morgan fingerprint density at radius 2 is 1.16 bits per heavy atom. The summed E-state index contributed by atoms with van der Waals surface area (Å²) in [4.78, 5) is 0. The minimum Gasteiger partial charge on any atom is -0.237 e. The van der Waals surface area contributed by atoms with E-state index < -0.39 is 0 Å². The van der Waals surface area contributed by atoms with Gasteiger partial charge in [-0.05, 0) is 37.0 Å². The number of rotatable bonds is 11. The van der Waals surface area contributed by atoms with Gasteiger partial charge in [0.2, 0.25) is 0 Å². The van der Waals surface area contributed by atoms with Gasteiger partial charge in [-0.3, -0.25) is 0 Å². The van der Waals surface area contributed by atoms with Gasteiger partial charge in [-0.1, -0.05) is 68.7 Å². The van der Waals surface area contributed by atoms with Gasteiger partial charge in [0.05, 0.1) is 6.61 Å². The standard InChI is InChI=1S/C17H26ClO/c18-17-13-11-16(12-14-17)10-8-6-4-2-1-3-5-7-9-15-19/h11-14H,1-10,15H2. The Morgan fingerprint density at radius 3 is 1.68 bits per heavy atom. The SMILES string of the molecule is [O]CCCCCCCCCCCc1ccc(Cl)cc1. The van der Waals surface area contributed by atoms with E-state index in [1.165, 1.54) is 56.9 Å². The number of benzene rings is 1. The summed E-state index contributed by atoms with van der Waals surface area (Å²) < 4.78 is 0. The highest BCUT2D eigenvalue weighted by Gasteiger charge is 1.95. The molecule has 0 N–H and O–H groups in total. The molecule has 0 fully saturated rings. The quantitative estimate of drug-likeness (QED) is 0.455. The normalized spacial score (nSPS) is 10.8. The summed E-state index contributed by atoms with van der Waals surface area (Å²) in [7, 11) is 0. The van der Waals surface area contributed by atoms with Crippen LogP contribution in [0, 0.1) is 0 Å². The molecule has 0 amide bonds. The summed E-state index contributed by atoms with van der Waals surface area (Å²) in [5.41, 5.74) is 1.39. The van der Waals surface area contributed by atoms with Crippen molar-refractivity contribution in [1.29, 1.82) is 0 Å². The van der Waals surface area contributed by atoms with Gasteiger partial charge >= 0.3 is 0 Å². The molecule has 1 aromatic carbocycles. The molecular formula is C17H26ClO. The predicted octanol–water partition coefficient (Wildman–Crippen LogP) is 5.82. The number of halogens is 1. The highest BCUT2D eigenvalue weighted by Crippen LogP contribution is 2.14. The third-order valence-corrected chi connectivity index (χ3v) is 3.78. The van der Waals surface area contributed by atoms with Gasteiger partial charge in [-0.15, -0.1) is 0 Å². The molecule has 0 bridgehead atoms. The number of unbranched alkanes of at least 4 members (excludes halogenated alkanes) is 8. The Kier molecular flexibility index (Phi) is 9.84. The van der Waals surface area contributed by atoms with Gasteiger partial charge in [0.25, 0.3) is 0 Å². The van der Waals surface area contributed by atoms with Crippen LogP contribution in [0.2, 0.25) is 5.02 Å². The molecule has 0 unspecified atom stereocenters. The molecule has 0 heterocycles. The molecule has 0 aromatic heterocycles. The molecule has 0 saturated carbocycles. The van der Waals surface area contributed by atoms with Crippen molar-refractivity contribution in [3.05, 3.63) is 34.9 Å². The molecule has 0 aliphatic carbocycles. The van der Waals surface area contributed by atoms with Crippen LogP contribution in [0.4, 0.5) is 0 Å². The van der Waals surface area contributed by atoms with Gasteiger partial charge in [-0.2, -0.15) is 0 Å². The van der Waals surface area contributed by atoms with Gasteiger partial charge in [0.15, 0.2) is 0 Å². The molecule has 0 spiro atoms. The zero-order valence-corrected chi connectivity index (χ0v) is 12.6. The van der Waals surface area contributed by atoms with E-state index in [1.54, 1.807) is 0 Å². The van der Waals surface area contributed by atoms with Crippen molar-refractivity contribution in [3.63, 3.8) is 0 Å². The Hall–Kier alpha value is -0.530. The summed E-state index contributed by atoms with van der Waals surface area (Å²) in [5, 5.41) is 11.1. The first-order chi connectivity index (χ1) is 9.33. The Morgan fingerprint density at radius 1 is 0.684 bits per heavy atom. The van der Waals surface area contributed by atoms with E-state index in [0.717, 1.165) is 17.9 Å². The van der Waals surface area contributed by atoms with Gasteiger partial charge in [0, 0.05) is 5.02 Å². The average Bonchev–Trinajstić information content (AvgIpc) is 2.43. The summed E-state index contributed by atoms with van der Waals surface area (Å²) >= 11 is 5.86. The minimum atomic E-state index is 0.102. The molecule has 1 nitrogen and oxygen atoms in total. The lowest BCUT2D eigenvalue weighted by Gasteiger charge is -2.03. The molecule has 0 aliphatic heterocycles. The van der Waals surface area contributed by atoms with Crippen LogP contribution in [0.5, 0.6) is 0 Å². The second-order valence-electron chi connectivity index (χ2n) is 5.26. The van der Waals surface area contributed by atoms with E-state index in [0.29, 0.717) is 0 Å². The van der Waals surface area contributed by atoms with Gasteiger partial charge < -0.3 is 0 Å². The molecule has 2 heteroatoms. The van der Waals surface area contributed by atoms with Crippen molar-refractivity contribution < 1.29 is 5.11 Å². The highest BCUT2D eigenvalue weighted by atomic mass is 35.5. The molecular weight excluding hydrogens is 256 g/mol. The number of aryl methyl sites for hydroxylation is 1. The zero-order chi connectivity index (χ0) is 13.8. The van der Waals surface area contributed by atoms with Crippen LogP contribution in [0.3, 0.4) is 0 Å². The fourth-order valence-electron chi connectivity index (χ4n) is 2.32. The Bertz CT molecular complexity index is 308. The first-order valence-corrected chi connectivity index (χ1v) is 8.03. The molecule has 19 heavy (non-hydrogen) atoms. The molecule has 0 atom stereocenters. The first-order valence-electron chi connectivity index (χ1n) is 7.65. The lowest BCUT2D eigenvalue weighted by atomic mass is 10.0. The van der Waals surface area contributed by atoms with Crippen LogP contribution >= 0.6 is 11.6 Å². The van der Waals surface area contributed by atoms with Crippen LogP contribution in [0.15, 0.2) is 24.3 Å². The van der Waals surface area contributed by atoms with Crippen LogP contribution in [0.25, 0.3) is 0 Å². The van der Waals surface area contributed by atoms with Crippen molar-refractivity contribution in [2.45, 2.75) is 64.2 Å². The number of hydrogen-bond acceptors (Lipinski definition) is 0. The third kappa shape index (κ3) is 9.07. The van der Waals surface area contributed by atoms with E-state index in [-0.39, 0.29) is 6.61 Å². The third-order valence-electron chi connectivity index (χ3n) is 3.52. The molecule has 0 aliphatic rings.